The normalized spacial score (nSPS) is 10.6. The number of nitrogens with zero attached hydrogens (tertiary/aromatic N) is 5. The van der Waals surface area contributed by atoms with Gasteiger partial charge in [-0.15, -0.1) is 16.8 Å². The first-order valence-corrected chi connectivity index (χ1v) is 11.4. The number of para-hydroxylation sites is 1. The summed E-state index contributed by atoms with van der Waals surface area (Å²) in [5.41, 5.74) is 1.39. The topological polar surface area (TPSA) is 102 Å². The molecular formula is C21H24N6O3S2. The Bertz CT molecular complexity index is 1140. The fourth-order valence-electron chi connectivity index (χ4n) is 2.85. The van der Waals surface area contributed by atoms with Crippen LogP contribution in [0.1, 0.15) is 15.4 Å². The second-order valence-corrected chi connectivity index (χ2v) is 8.82. The molecule has 11 heteroatoms. The Morgan fingerprint density at radius 2 is 2.06 bits per heavy atom. The zero-order valence-corrected chi connectivity index (χ0v) is 19.9. The molecule has 0 atom stereocenters. The maximum atomic E-state index is 12.5. The minimum atomic E-state index is -0.250. The van der Waals surface area contributed by atoms with Crippen LogP contribution in [-0.4, -0.2) is 63.4 Å². The number of carbonyl (C=O) groups is 2. The molecule has 1 aromatic carbocycles. The van der Waals surface area contributed by atoms with Crippen molar-refractivity contribution in [3.8, 4) is 17.1 Å². The van der Waals surface area contributed by atoms with Gasteiger partial charge in [-0.3, -0.25) is 14.2 Å². The van der Waals surface area contributed by atoms with Gasteiger partial charge in [0.25, 0.3) is 5.91 Å². The number of thioether (sulfide) groups is 1. The van der Waals surface area contributed by atoms with Gasteiger partial charge in [-0.1, -0.05) is 41.3 Å². The molecule has 0 saturated carbocycles. The summed E-state index contributed by atoms with van der Waals surface area (Å²) in [5.74, 6) is 1.03. The van der Waals surface area contributed by atoms with E-state index in [9.17, 15) is 9.59 Å². The lowest BCUT2D eigenvalue weighted by molar-refractivity contribution is -0.113. The molecule has 3 aromatic rings. The zero-order valence-electron chi connectivity index (χ0n) is 18.3. The average Bonchev–Trinajstić information content (AvgIpc) is 3.34. The van der Waals surface area contributed by atoms with Gasteiger partial charge < -0.3 is 15.0 Å². The van der Waals surface area contributed by atoms with Gasteiger partial charge in [-0.05, 0) is 19.1 Å². The minimum Gasteiger partial charge on any atom is -0.496 e. The standard InChI is InChI=1S/C21H24N6O3S2/c1-6-11-27-18(14-9-7-8-10-15(14)30-5)24-25-21(27)31-12-16(28)23-20-22-13(2)17(32-20)19(29)26(3)4/h6-10H,1,11-12H2,2-5H3,(H,22,23,28). The zero-order chi connectivity index (χ0) is 23.3. The Hall–Kier alpha value is -3.18. The highest BCUT2D eigenvalue weighted by Crippen LogP contribution is 2.31. The van der Waals surface area contributed by atoms with Crippen LogP contribution in [0.4, 0.5) is 5.13 Å². The summed E-state index contributed by atoms with van der Waals surface area (Å²) in [5, 5.41) is 12.3. The van der Waals surface area contributed by atoms with E-state index in [0.29, 0.717) is 39.0 Å². The third-order valence-corrected chi connectivity index (χ3v) is 6.38. The first kappa shape index (κ1) is 23.5. The molecule has 0 radical (unpaired) electrons. The highest BCUT2D eigenvalue weighted by atomic mass is 32.2. The molecule has 0 spiro atoms. The number of anilines is 1. The van der Waals surface area contributed by atoms with Crippen molar-refractivity contribution in [2.24, 2.45) is 0 Å². The van der Waals surface area contributed by atoms with Gasteiger partial charge in [-0.25, -0.2) is 4.98 Å². The summed E-state index contributed by atoms with van der Waals surface area (Å²) in [6.45, 7) is 6.03. The number of rotatable bonds is 9. The van der Waals surface area contributed by atoms with Crippen LogP contribution < -0.4 is 10.1 Å². The molecule has 1 N–H and O–H groups in total. The number of thiazole rings is 1. The molecule has 32 heavy (non-hydrogen) atoms. The fourth-order valence-corrected chi connectivity index (χ4v) is 4.61. The molecule has 0 aliphatic rings. The van der Waals surface area contributed by atoms with Crippen LogP contribution in [0.3, 0.4) is 0 Å². The second-order valence-electron chi connectivity index (χ2n) is 6.88. The van der Waals surface area contributed by atoms with Gasteiger partial charge in [0.1, 0.15) is 10.6 Å². The summed E-state index contributed by atoms with van der Waals surface area (Å²) in [6, 6.07) is 7.54. The van der Waals surface area contributed by atoms with Crippen molar-refractivity contribution in [1.82, 2.24) is 24.6 Å². The molecule has 0 saturated heterocycles. The van der Waals surface area contributed by atoms with E-state index in [4.69, 9.17) is 4.74 Å². The van der Waals surface area contributed by atoms with Gasteiger partial charge in [-0.2, -0.15) is 0 Å². The molecule has 168 valence electrons. The van der Waals surface area contributed by atoms with Crippen LogP contribution in [0.5, 0.6) is 5.75 Å². The smallest absolute Gasteiger partial charge is 0.265 e. The number of carbonyl (C=O) groups excluding carboxylic acids is 2. The van der Waals surface area contributed by atoms with E-state index in [0.717, 1.165) is 16.9 Å². The van der Waals surface area contributed by atoms with E-state index in [2.05, 4.69) is 27.1 Å². The molecule has 0 fully saturated rings. The van der Waals surface area contributed by atoms with Gasteiger partial charge in [0, 0.05) is 20.6 Å². The van der Waals surface area contributed by atoms with Crippen molar-refractivity contribution in [3.05, 3.63) is 47.5 Å². The SMILES string of the molecule is C=CCn1c(SCC(=O)Nc2nc(C)c(C(=O)N(C)C)s2)nnc1-c1ccccc1OC. The van der Waals surface area contributed by atoms with Crippen LogP contribution in [0.25, 0.3) is 11.4 Å². The lowest BCUT2D eigenvalue weighted by Crippen LogP contribution is -2.21. The molecule has 2 aromatic heterocycles. The third-order valence-electron chi connectivity index (χ3n) is 4.35. The van der Waals surface area contributed by atoms with E-state index in [1.807, 2.05) is 28.8 Å². The molecule has 2 heterocycles. The van der Waals surface area contributed by atoms with E-state index < -0.39 is 0 Å². The number of amides is 2. The number of aryl methyl sites for hydroxylation is 1. The number of methoxy groups -OCH3 is 1. The maximum Gasteiger partial charge on any atom is 0.265 e. The van der Waals surface area contributed by atoms with Crippen molar-refractivity contribution in [2.45, 2.75) is 18.6 Å². The fraction of sp³-hybridized carbons (Fsp3) is 0.286. The summed E-state index contributed by atoms with van der Waals surface area (Å²) in [7, 11) is 4.95. The molecule has 2 amide bonds. The summed E-state index contributed by atoms with van der Waals surface area (Å²) in [4.78, 5) is 31.0. The van der Waals surface area contributed by atoms with Crippen molar-refractivity contribution < 1.29 is 14.3 Å². The Labute approximate surface area is 194 Å². The van der Waals surface area contributed by atoms with E-state index in [1.165, 1.54) is 16.7 Å². The van der Waals surface area contributed by atoms with Gasteiger partial charge in [0.2, 0.25) is 5.91 Å². The van der Waals surface area contributed by atoms with Crippen LogP contribution in [0.15, 0.2) is 42.1 Å². The third kappa shape index (κ3) is 5.17. The highest BCUT2D eigenvalue weighted by Gasteiger charge is 2.20. The predicted octanol–water partition coefficient (Wildman–Crippen LogP) is 3.34. The van der Waals surface area contributed by atoms with Crippen LogP contribution in [0, 0.1) is 6.92 Å². The Morgan fingerprint density at radius 3 is 2.75 bits per heavy atom. The molecule has 9 nitrogen and oxygen atoms in total. The highest BCUT2D eigenvalue weighted by molar-refractivity contribution is 7.99. The predicted molar refractivity (Wildman–Crippen MR) is 126 cm³/mol. The van der Waals surface area contributed by atoms with Crippen LogP contribution in [0.2, 0.25) is 0 Å². The summed E-state index contributed by atoms with van der Waals surface area (Å²) < 4.78 is 7.32. The molecule has 0 aliphatic carbocycles. The number of aromatic nitrogens is 4. The Kier molecular flexibility index (Phi) is 7.65. The average molecular weight is 473 g/mol. The first-order chi connectivity index (χ1) is 15.3. The maximum absolute atomic E-state index is 12.5. The van der Waals surface area contributed by atoms with Crippen molar-refractivity contribution >= 4 is 40.0 Å². The number of ether oxygens (including phenoxy) is 1. The molecule has 0 unspecified atom stereocenters. The number of allylic oxidation sites excluding steroid dienone is 1. The Morgan fingerprint density at radius 1 is 1.31 bits per heavy atom. The first-order valence-electron chi connectivity index (χ1n) is 9.64. The largest absolute Gasteiger partial charge is 0.496 e. The van der Waals surface area contributed by atoms with Gasteiger partial charge in [0.15, 0.2) is 16.1 Å². The summed E-state index contributed by atoms with van der Waals surface area (Å²) in [6.07, 6.45) is 1.74. The molecule has 0 aliphatic heterocycles. The number of benzene rings is 1. The Balaban J connectivity index is 1.73. The molecular weight excluding hydrogens is 448 g/mol. The quantitative estimate of drug-likeness (QED) is 0.376. The van der Waals surface area contributed by atoms with Crippen LogP contribution in [-0.2, 0) is 11.3 Å². The van der Waals surface area contributed by atoms with E-state index in [-0.39, 0.29) is 17.6 Å². The molecule has 0 bridgehead atoms. The van der Waals surface area contributed by atoms with E-state index >= 15 is 0 Å². The minimum absolute atomic E-state index is 0.108. The van der Waals surface area contributed by atoms with Gasteiger partial charge >= 0.3 is 0 Å². The lowest BCUT2D eigenvalue weighted by atomic mass is 10.2. The number of hydrogen-bond acceptors (Lipinski definition) is 8. The summed E-state index contributed by atoms with van der Waals surface area (Å²) >= 11 is 2.41. The van der Waals surface area contributed by atoms with Crippen molar-refractivity contribution in [1.29, 1.82) is 0 Å². The monoisotopic (exact) mass is 472 g/mol. The van der Waals surface area contributed by atoms with Crippen molar-refractivity contribution in [2.75, 3.05) is 32.3 Å². The number of nitrogens with one attached hydrogen (secondary N) is 1. The van der Waals surface area contributed by atoms with Crippen LogP contribution >= 0.6 is 23.1 Å². The molecule has 3 rings (SSSR count). The second kappa shape index (κ2) is 10.4. The lowest BCUT2D eigenvalue weighted by Gasteiger charge is -2.10. The van der Waals surface area contributed by atoms with Crippen molar-refractivity contribution in [3.63, 3.8) is 0 Å². The van der Waals surface area contributed by atoms with Gasteiger partial charge in [0.05, 0.1) is 24.1 Å². The van der Waals surface area contributed by atoms with E-state index in [1.54, 1.807) is 34.2 Å². The number of hydrogen-bond donors (Lipinski definition) is 1.